The number of aliphatic imine (C=N–C) groups is 1. The lowest BCUT2D eigenvalue weighted by molar-refractivity contribution is -0.139. The van der Waals surface area contributed by atoms with Crippen LogP contribution in [0, 0.1) is 5.92 Å². The molecule has 2 N–H and O–H groups in total. The fourth-order valence-electron chi connectivity index (χ4n) is 4.89. The van der Waals surface area contributed by atoms with Gasteiger partial charge in [0, 0.05) is 24.1 Å². The number of benzene rings is 3. The Bertz CT molecular complexity index is 1280. The first-order valence-corrected chi connectivity index (χ1v) is 13.0. The molecule has 0 aliphatic carbocycles. The Hall–Kier alpha value is -4.10. The van der Waals surface area contributed by atoms with E-state index in [9.17, 15) is 19.5 Å². The molecule has 1 aliphatic heterocycles. The number of nitrogens with zero attached hydrogens (tertiary/aromatic N) is 2. The van der Waals surface area contributed by atoms with Gasteiger partial charge in [0.1, 0.15) is 6.29 Å². The van der Waals surface area contributed by atoms with Crippen LogP contribution in [0.3, 0.4) is 0 Å². The number of aldehydes is 1. The Kier molecular flexibility index (Phi) is 9.16. The Morgan fingerprint density at radius 2 is 1.68 bits per heavy atom. The number of carboxylic acid groups (broad SMARTS) is 1. The molecule has 38 heavy (non-hydrogen) atoms. The van der Waals surface area contributed by atoms with Crippen molar-refractivity contribution in [3.05, 3.63) is 102 Å². The zero-order valence-electron chi connectivity index (χ0n) is 21.5. The van der Waals surface area contributed by atoms with Crippen molar-refractivity contribution in [3.63, 3.8) is 0 Å². The highest BCUT2D eigenvalue weighted by atomic mass is 16.4. The van der Waals surface area contributed by atoms with Gasteiger partial charge in [-0.05, 0) is 36.9 Å². The molecule has 3 atom stereocenters. The first-order chi connectivity index (χ1) is 18.5. The van der Waals surface area contributed by atoms with Crippen molar-refractivity contribution in [3.8, 4) is 0 Å². The summed E-state index contributed by atoms with van der Waals surface area (Å²) in [5, 5.41) is 13.0. The second-order valence-electron chi connectivity index (χ2n) is 9.66. The van der Waals surface area contributed by atoms with E-state index in [4.69, 9.17) is 0 Å². The maximum atomic E-state index is 13.5. The average molecular weight is 512 g/mol. The monoisotopic (exact) mass is 511 g/mol. The summed E-state index contributed by atoms with van der Waals surface area (Å²) in [7, 11) is 0. The molecule has 0 spiro atoms. The third-order valence-corrected chi connectivity index (χ3v) is 6.91. The fourth-order valence-corrected chi connectivity index (χ4v) is 4.89. The predicted octanol–water partition coefficient (Wildman–Crippen LogP) is 4.81. The number of likely N-dealkylation sites (tertiary alicyclic amines) is 1. The van der Waals surface area contributed by atoms with Gasteiger partial charge in [-0.3, -0.25) is 14.7 Å². The maximum Gasteiger partial charge on any atom is 0.328 e. The Morgan fingerprint density at radius 1 is 1.03 bits per heavy atom. The fraction of sp³-hybridized carbons (Fsp3) is 0.290. The van der Waals surface area contributed by atoms with Crippen LogP contribution in [0.15, 0.2) is 89.9 Å². The van der Waals surface area contributed by atoms with Gasteiger partial charge in [0.05, 0.1) is 17.4 Å². The summed E-state index contributed by atoms with van der Waals surface area (Å²) in [6.45, 7) is 3.25. The average Bonchev–Trinajstić information content (AvgIpc) is 3.39. The lowest BCUT2D eigenvalue weighted by atomic mass is 9.96. The third kappa shape index (κ3) is 6.61. The topological polar surface area (TPSA) is 99.1 Å². The van der Waals surface area contributed by atoms with Gasteiger partial charge in [0.25, 0.3) is 0 Å². The summed E-state index contributed by atoms with van der Waals surface area (Å²) in [5.41, 5.74) is 3.54. The minimum Gasteiger partial charge on any atom is -0.480 e. The zero-order chi connectivity index (χ0) is 26.9. The van der Waals surface area contributed by atoms with Crippen molar-refractivity contribution < 1.29 is 19.5 Å². The SMILES string of the molecule is CC(CC=O)C(N=C(c1ccccc1)c1ccccc1NC(=O)[C@H]1CCCN1Cc1ccccc1)C(=O)O. The highest BCUT2D eigenvalue weighted by Crippen LogP contribution is 2.26. The van der Waals surface area contributed by atoms with Crippen LogP contribution in [0.1, 0.15) is 42.9 Å². The summed E-state index contributed by atoms with van der Waals surface area (Å²) in [6.07, 6.45) is 2.51. The minimum atomic E-state index is -1.12. The minimum absolute atomic E-state index is 0.0832. The summed E-state index contributed by atoms with van der Waals surface area (Å²) < 4.78 is 0. The van der Waals surface area contributed by atoms with E-state index in [0.29, 0.717) is 23.5 Å². The van der Waals surface area contributed by atoms with Crippen molar-refractivity contribution in [1.82, 2.24) is 4.90 Å². The number of para-hydroxylation sites is 1. The summed E-state index contributed by atoms with van der Waals surface area (Å²) in [6, 6.07) is 25.4. The number of carbonyl (C=O) groups is 3. The normalized spacial score (nSPS) is 17.5. The van der Waals surface area contributed by atoms with Crippen molar-refractivity contribution in [2.24, 2.45) is 10.9 Å². The van der Waals surface area contributed by atoms with Gasteiger partial charge in [-0.25, -0.2) is 4.79 Å². The van der Waals surface area contributed by atoms with Crippen LogP contribution < -0.4 is 5.32 Å². The third-order valence-electron chi connectivity index (χ3n) is 6.91. The maximum absolute atomic E-state index is 13.5. The van der Waals surface area contributed by atoms with Gasteiger partial charge in [-0.15, -0.1) is 0 Å². The van der Waals surface area contributed by atoms with Crippen LogP contribution in [0.25, 0.3) is 0 Å². The van der Waals surface area contributed by atoms with Gasteiger partial charge in [0.2, 0.25) is 5.91 Å². The molecular formula is C31H33N3O4. The van der Waals surface area contributed by atoms with Crippen molar-refractivity contribution in [2.45, 2.75) is 44.8 Å². The van der Waals surface area contributed by atoms with E-state index in [1.165, 1.54) is 0 Å². The molecule has 3 aromatic carbocycles. The molecular weight excluding hydrogens is 478 g/mol. The van der Waals surface area contributed by atoms with Crippen LogP contribution in [0.4, 0.5) is 5.69 Å². The van der Waals surface area contributed by atoms with Gasteiger partial charge < -0.3 is 15.2 Å². The molecule has 1 amide bonds. The molecule has 2 unspecified atom stereocenters. The Balaban J connectivity index is 1.66. The Morgan fingerprint density at radius 3 is 2.37 bits per heavy atom. The lowest BCUT2D eigenvalue weighted by Crippen LogP contribution is -2.39. The molecule has 3 aromatic rings. The van der Waals surface area contributed by atoms with Crippen LogP contribution in [-0.2, 0) is 20.9 Å². The Labute approximate surface area is 223 Å². The van der Waals surface area contributed by atoms with Crippen LogP contribution in [0.2, 0.25) is 0 Å². The number of hydrogen-bond donors (Lipinski definition) is 2. The molecule has 0 radical (unpaired) electrons. The number of aliphatic carboxylic acids is 1. The first-order valence-electron chi connectivity index (χ1n) is 13.0. The molecule has 1 aliphatic rings. The molecule has 196 valence electrons. The molecule has 1 saturated heterocycles. The summed E-state index contributed by atoms with van der Waals surface area (Å²) >= 11 is 0. The van der Waals surface area contributed by atoms with Crippen LogP contribution >= 0.6 is 0 Å². The van der Waals surface area contributed by atoms with Crippen molar-refractivity contribution in [2.75, 3.05) is 11.9 Å². The van der Waals surface area contributed by atoms with E-state index < -0.39 is 17.9 Å². The van der Waals surface area contributed by atoms with E-state index in [2.05, 4.69) is 27.3 Å². The number of carboxylic acids is 1. The van der Waals surface area contributed by atoms with E-state index in [0.717, 1.165) is 36.8 Å². The highest BCUT2D eigenvalue weighted by molar-refractivity contribution is 6.17. The van der Waals surface area contributed by atoms with E-state index in [1.54, 1.807) is 6.92 Å². The summed E-state index contributed by atoms with van der Waals surface area (Å²) in [4.78, 5) is 43.6. The zero-order valence-corrected chi connectivity index (χ0v) is 21.5. The molecule has 4 rings (SSSR count). The smallest absolute Gasteiger partial charge is 0.328 e. The number of anilines is 1. The lowest BCUT2D eigenvalue weighted by Gasteiger charge is -2.24. The molecule has 1 fully saturated rings. The molecule has 7 heteroatoms. The molecule has 1 heterocycles. The van der Waals surface area contributed by atoms with Gasteiger partial charge in [0.15, 0.2) is 6.04 Å². The largest absolute Gasteiger partial charge is 0.480 e. The summed E-state index contributed by atoms with van der Waals surface area (Å²) in [5.74, 6) is -1.69. The molecule has 0 bridgehead atoms. The molecule has 7 nitrogen and oxygen atoms in total. The molecule has 0 aromatic heterocycles. The quantitative estimate of drug-likeness (QED) is 0.284. The predicted molar refractivity (Wildman–Crippen MR) is 148 cm³/mol. The first kappa shape index (κ1) is 26.9. The molecule has 0 saturated carbocycles. The highest BCUT2D eigenvalue weighted by Gasteiger charge is 2.31. The van der Waals surface area contributed by atoms with Gasteiger partial charge in [-0.2, -0.15) is 0 Å². The van der Waals surface area contributed by atoms with Crippen LogP contribution in [-0.4, -0.2) is 52.5 Å². The number of hydrogen-bond acceptors (Lipinski definition) is 5. The van der Waals surface area contributed by atoms with Crippen molar-refractivity contribution in [1.29, 1.82) is 0 Å². The van der Waals surface area contributed by atoms with Gasteiger partial charge >= 0.3 is 5.97 Å². The van der Waals surface area contributed by atoms with Gasteiger partial charge in [-0.1, -0.05) is 85.8 Å². The second kappa shape index (κ2) is 12.9. The van der Waals surface area contributed by atoms with E-state index >= 15 is 0 Å². The van der Waals surface area contributed by atoms with E-state index in [1.807, 2.05) is 72.8 Å². The van der Waals surface area contributed by atoms with Crippen LogP contribution in [0.5, 0.6) is 0 Å². The second-order valence-corrected chi connectivity index (χ2v) is 9.66. The number of nitrogens with one attached hydrogen (secondary N) is 1. The number of amides is 1. The number of rotatable bonds is 11. The van der Waals surface area contributed by atoms with E-state index in [-0.39, 0.29) is 18.4 Å². The number of carbonyl (C=O) groups excluding carboxylic acids is 2. The standard InChI is InChI=1S/C31H33N3O4/c1-22(18-20-35)28(31(37)38)33-29(24-13-6-3-7-14-24)25-15-8-9-16-26(25)32-30(36)27-17-10-19-34(27)21-23-11-4-2-5-12-23/h2-9,11-16,20,22,27-28H,10,17-19,21H2,1H3,(H,32,36)(H,37,38)/t22?,27-,28?/m1/s1. The van der Waals surface area contributed by atoms with Crippen molar-refractivity contribution >= 4 is 29.6 Å².